The molecule has 29 heavy (non-hydrogen) atoms. The molecule has 0 spiro atoms. The van der Waals surface area contributed by atoms with Gasteiger partial charge in [0, 0.05) is 12.4 Å². The summed E-state index contributed by atoms with van der Waals surface area (Å²) in [4.78, 5) is 17.4. The quantitative estimate of drug-likeness (QED) is 0.413. The minimum atomic E-state index is 0.849. The molecule has 2 aromatic carbocycles. The molecule has 0 radical (unpaired) electrons. The van der Waals surface area contributed by atoms with E-state index in [0.717, 1.165) is 29.2 Å². The van der Waals surface area contributed by atoms with Gasteiger partial charge in [-0.25, -0.2) is 0 Å². The molecule has 4 aromatic rings. The first-order chi connectivity index (χ1) is 14.3. The third-order valence-corrected chi connectivity index (χ3v) is 4.35. The molecule has 4 nitrogen and oxygen atoms in total. The number of benzene rings is 2. The van der Waals surface area contributed by atoms with Crippen molar-refractivity contribution in [3.05, 3.63) is 120 Å². The van der Waals surface area contributed by atoms with Crippen LogP contribution in [-0.4, -0.2) is 22.4 Å². The van der Waals surface area contributed by atoms with Crippen molar-refractivity contribution in [1.82, 2.24) is 9.97 Å². The van der Waals surface area contributed by atoms with Crippen molar-refractivity contribution in [3.63, 3.8) is 0 Å². The number of nitrogens with zero attached hydrogens (tertiary/aromatic N) is 4. The normalized spacial score (nSPS) is 11.3. The van der Waals surface area contributed by atoms with Gasteiger partial charge in [0.15, 0.2) is 0 Å². The summed E-state index contributed by atoms with van der Waals surface area (Å²) in [6, 6.07) is 28.1. The molecule has 0 aliphatic rings. The van der Waals surface area contributed by atoms with E-state index in [9.17, 15) is 0 Å². The molecular formula is C25H20N4. The van der Waals surface area contributed by atoms with Crippen molar-refractivity contribution in [2.75, 3.05) is 0 Å². The molecule has 0 amide bonds. The van der Waals surface area contributed by atoms with Gasteiger partial charge in [-0.15, -0.1) is 0 Å². The lowest BCUT2D eigenvalue weighted by atomic mass is 10.0. The molecule has 2 aromatic heterocycles. The van der Waals surface area contributed by atoms with Crippen LogP contribution in [0.5, 0.6) is 0 Å². The van der Waals surface area contributed by atoms with Crippen molar-refractivity contribution in [2.24, 2.45) is 9.98 Å². The van der Waals surface area contributed by atoms with E-state index in [1.54, 1.807) is 24.8 Å². The van der Waals surface area contributed by atoms with Crippen molar-refractivity contribution in [1.29, 1.82) is 0 Å². The molecular weight excluding hydrogens is 356 g/mol. The van der Waals surface area contributed by atoms with Crippen LogP contribution in [0.2, 0.25) is 0 Å². The number of aromatic nitrogens is 2. The Balaban J connectivity index is 1.36. The number of aliphatic imine (C=N–C) groups is 2. The Bertz CT molecular complexity index is 994. The van der Waals surface area contributed by atoms with Crippen LogP contribution in [0.25, 0.3) is 0 Å². The molecule has 0 bridgehead atoms. The largest absolute Gasteiger partial charge is 0.255 e. The summed E-state index contributed by atoms with van der Waals surface area (Å²) in [5.41, 5.74) is 6.01. The first-order valence-electron chi connectivity index (χ1n) is 9.43. The molecule has 4 heteroatoms. The molecule has 0 aliphatic carbocycles. The van der Waals surface area contributed by atoms with Gasteiger partial charge in [0.2, 0.25) is 0 Å². The second-order valence-electron chi connectivity index (χ2n) is 6.54. The Kier molecular flexibility index (Phi) is 5.93. The molecule has 0 unspecified atom stereocenters. The first kappa shape index (κ1) is 18.4. The van der Waals surface area contributed by atoms with Crippen LogP contribution in [0.15, 0.2) is 107 Å². The third-order valence-electron chi connectivity index (χ3n) is 4.35. The maximum absolute atomic E-state index is 4.47. The molecule has 0 fully saturated rings. The number of hydrogen-bond donors (Lipinski definition) is 0. The van der Waals surface area contributed by atoms with Crippen molar-refractivity contribution < 1.29 is 0 Å². The monoisotopic (exact) mass is 376 g/mol. The predicted octanol–water partition coefficient (Wildman–Crippen LogP) is 5.57. The van der Waals surface area contributed by atoms with Gasteiger partial charge in [-0.3, -0.25) is 20.0 Å². The Hall–Kier alpha value is -3.92. The van der Waals surface area contributed by atoms with E-state index in [1.807, 2.05) is 60.7 Å². The fourth-order valence-electron chi connectivity index (χ4n) is 2.82. The number of pyridine rings is 2. The van der Waals surface area contributed by atoms with Gasteiger partial charge in [-0.05, 0) is 66.1 Å². The molecule has 0 atom stereocenters. The predicted molar refractivity (Wildman–Crippen MR) is 119 cm³/mol. The van der Waals surface area contributed by atoms with Crippen LogP contribution in [0.4, 0.5) is 11.4 Å². The van der Waals surface area contributed by atoms with Gasteiger partial charge in [-0.2, -0.15) is 0 Å². The maximum atomic E-state index is 4.47. The van der Waals surface area contributed by atoms with Crippen LogP contribution >= 0.6 is 0 Å². The Morgan fingerprint density at radius 2 is 1.00 bits per heavy atom. The van der Waals surface area contributed by atoms with E-state index in [2.05, 4.69) is 44.2 Å². The number of rotatable bonds is 6. The van der Waals surface area contributed by atoms with Gasteiger partial charge in [0.25, 0.3) is 0 Å². The van der Waals surface area contributed by atoms with E-state index >= 15 is 0 Å². The lowest BCUT2D eigenvalue weighted by Gasteiger charge is -2.03. The minimum Gasteiger partial charge on any atom is -0.255 e. The fraction of sp³-hybridized carbons (Fsp3) is 0.0400. The Morgan fingerprint density at radius 3 is 1.38 bits per heavy atom. The highest BCUT2D eigenvalue weighted by Gasteiger charge is 1.98. The first-order valence-corrected chi connectivity index (χ1v) is 9.43. The van der Waals surface area contributed by atoms with Crippen molar-refractivity contribution in [2.45, 2.75) is 6.42 Å². The fourth-order valence-corrected chi connectivity index (χ4v) is 2.82. The zero-order valence-corrected chi connectivity index (χ0v) is 15.9. The average Bonchev–Trinajstić information content (AvgIpc) is 2.80. The van der Waals surface area contributed by atoms with Gasteiger partial charge in [0.1, 0.15) is 0 Å². The highest BCUT2D eigenvalue weighted by Crippen LogP contribution is 2.18. The second kappa shape index (κ2) is 9.33. The third kappa shape index (κ3) is 5.53. The lowest BCUT2D eigenvalue weighted by Crippen LogP contribution is -1.88. The highest BCUT2D eigenvalue weighted by molar-refractivity contribution is 5.80. The summed E-state index contributed by atoms with van der Waals surface area (Å²) in [5, 5.41) is 0. The van der Waals surface area contributed by atoms with E-state index in [0.29, 0.717) is 0 Å². The Morgan fingerprint density at radius 1 is 0.552 bits per heavy atom. The highest BCUT2D eigenvalue weighted by atomic mass is 14.8. The molecule has 4 rings (SSSR count). The van der Waals surface area contributed by atoms with E-state index < -0.39 is 0 Å². The zero-order chi connectivity index (χ0) is 19.7. The summed E-state index contributed by atoms with van der Waals surface area (Å²) in [5.74, 6) is 0. The van der Waals surface area contributed by atoms with Crippen LogP contribution in [0.1, 0.15) is 22.5 Å². The number of hydrogen-bond acceptors (Lipinski definition) is 4. The van der Waals surface area contributed by atoms with E-state index in [-0.39, 0.29) is 0 Å². The maximum Gasteiger partial charge on any atom is 0.0812 e. The molecule has 140 valence electrons. The zero-order valence-electron chi connectivity index (χ0n) is 15.9. The summed E-state index contributed by atoms with van der Waals surface area (Å²) >= 11 is 0. The molecule has 0 aliphatic heterocycles. The summed E-state index contributed by atoms with van der Waals surface area (Å²) < 4.78 is 0. The van der Waals surface area contributed by atoms with Crippen LogP contribution in [0.3, 0.4) is 0 Å². The van der Waals surface area contributed by atoms with Crippen LogP contribution in [0, 0.1) is 0 Å². The second-order valence-corrected chi connectivity index (χ2v) is 6.54. The Labute approximate surface area is 170 Å². The van der Waals surface area contributed by atoms with Gasteiger partial charge >= 0.3 is 0 Å². The van der Waals surface area contributed by atoms with Gasteiger partial charge < -0.3 is 0 Å². The smallest absolute Gasteiger partial charge is 0.0812 e. The molecule has 0 N–H and O–H groups in total. The summed E-state index contributed by atoms with van der Waals surface area (Å²) in [6.07, 6.45) is 7.95. The van der Waals surface area contributed by atoms with E-state index in [4.69, 9.17) is 0 Å². The van der Waals surface area contributed by atoms with Crippen molar-refractivity contribution >= 4 is 23.8 Å². The minimum absolute atomic E-state index is 0.849. The standard InChI is InChI=1S/C25H20N4/c1-3-15-26-24(5-1)18-28-22-11-7-20(8-12-22)17-21-9-13-23(14-10-21)29-19-25-6-2-4-16-27-25/h1-16,18-19H,17H2. The van der Waals surface area contributed by atoms with Crippen LogP contribution < -0.4 is 0 Å². The lowest BCUT2D eigenvalue weighted by molar-refractivity contribution is 1.19. The van der Waals surface area contributed by atoms with Gasteiger partial charge in [0.05, 0.1) is 35.2 Å². The average molecular weight is 376 g/mol. The SMILES string of the molecule is C(=Nc1ccc(Cc2ccc(N=Cc3ccccn3)cc2)cc1)c1ccccn1. The van der Waals surface area contributed by atoms with Crippen molar-refractivity contribution in [3.8, 4) is 0 Å². The van der Waals surface area contributed by atoms with E-state index in [1.165, 1.54) is 11.1 Å². The van der Waals surface area contributed by atoms with Crippen LogP contribution in [-0.2, 0) is 6.42 Å². The van der Waals surface area contributed by atoms with Gasteiger partial charge in [-0.1, -0.05) is 36.4 Å². The molecule has 2 heterocycles. The topological polar surface area (TPSA) is 50.5 Å². The molecule has 0 saturated carbocycles. The molecule has 0 saturated heterocycles. The summed E-state index contributed by atoms with van der Waals surface area (Å²) in [6.45, 7) is 0. The summed E-state index contributed by atoms with van der Waals surface area (Å²) in [7, 11) is 0.